The number of carbonyl (C=O) groups excluding carboxylic acids is 1. The molecule has 0 aromatic carbocycles. The summed E-state index contributed by atoms with van der Waals surface area (Å²) in [6.45, 7) is 0.174. The molecule has 8 heteroatoms. The lowest BCUT2D eigenvalue weighted by Crippen LogP contribution is -2.29. The van der Waals surface area contributed by atoms with E-state index in [0.29, 0.717) is 11.5 Å². The topological polar surface area (TPSA) is 88.3 Å². The van der Waals surface area contributed by atoms with Crippen LogP contribution >= 0.6 is 0 Å². The van der Waals surface area contributed by atoms with Gasteiger partial charge in [0, 0.05) is 14.1 Å². The quantitative estimate of drug-likeness (QED) is 0.716. The minimum atomic E-state index is -0.0370. The van der Waals surface area contributed by atoms with Gasteiger partial charge in [-0.1, -0.05) is 0 Å². The van der Waals surface area contributed by atoms with Crippen LogP contribution in [0.5, 0.6) is 0 Å². The molecule has 0 atom stereocenters. The number of tetrazole rings is 1. The minimum absolute atomic E-state index is 0.0370. The van der Waals surface area contributed by atoms with Crippen molar-refractivity contribution in [2.75, 3.05) is 26.0 Å². The molecule has 84 valence electrons. The Hall–Kier alpha value is -2.25. The van der Waals surface area contributed by atoms with Gasteiger partial charge in [-0.25, -0.2) is 0 Å². The fourth-order valence-electron chi connectivity index (χ4n) is 1.12. The number of nitrogens with one attached hydrogen (secondary N) is 1. The van der Waals surface area contributed by atoms with Crippen molar-refractivity contribution in [3.8, 4) is 0 Å². The van der Waals surface area contributed by atoms with E-state index in [2.05, 4.69) is 25.8 Å². The molecule has 0 aliphatic rings. The maximum atomic E-state index is 11.4. The Morgan fingerprint density at radius 3 is 3.06 bits per heavy atom. The van der Waals surface area contributed by atoms with Gasteiger partial charge < -0.3 is 10.2 Å². The van der Waals surface area contributed by atoms with Crippen molar-refractivity contribution in [2.45, 2.75) is 0 Å². The molecule has 2 aromatic rings. The Bertz CT molecular complexity index is 506. The number of nitrogens with zero attached hydrogens (tertiary/aromatic N) is 6. The van der Waals surface area contributed by atoms with E-state index in [-0.39, 0.29) is 12.5 Å². The summed E-state index contributed by atoms with van der Waals surface area (Å²) in [5, 5.41) is 13.9. The largest absolute Gasteiger partial charge is 0.360 e. The molecule has 0 saturated carbocycles. The molecule has 0 aliphatic heterocycles. The van der Waals surface area contributed by atoms with E-state index in [1.165, 1.54) is 9.42 Å². The summed E-state index contributed by atoms with van der Waals surface area (Å²) in [5.74, 6) is 0.544. The van der Waals surface area contributed by atoms with Crippen LogP contribution in [0, 0.1) is 0 Å². The molecule has 1 N–H and O–H groups in total. The van der Waals surface area contributed by atoms with Gasteiger partial charge in [-0.2, -0.15) is 4.52 Å². The Balaban J connectivity index is 2.15. The maximum absolute atomic E-state index is 11.4. The SMILES string of the molecule is CN(C)C(=O)CNc1cncc2nnnn12. The van der Waals surface area contributed by atoms with E-state index in [9.17, 15) is 4.79 Å². The average Bonchev–Trinajstić information content (AvgIpc) is 2.73. The van der Waals surface area contributed by atoms with Crippen molar-refractivity contribution in [3.05, 3.63) is 12.4 Å². The third kappa shape index (κ3) is 1.90. The molecule has 2 aromatic heterocycles. The number of likely N-dealkylation sites (N-methyl/N-ethyl adjacent to an activating group) is 1. The van der Waals surface area contributed by atoms with Crippen LogP contribution in [0.1, 0.15) is 0 Å². The van der Waals surface area contributed by atoms with Crippen LogP contribution in [0.2, 0.25) is 0 Å². The molecule has 0 bridgehead atoms. The Morgan fingerprint density at radius 2 is 2.31 bits per heavy atom. The van der Waals surface area contributed by atoms with Crippen molar-refractivity contribution < 1.29 is 4.79 Å². The van der Waals surface area contributed by atoms with Crippen LogP contribution < -0.4 is 5.32 Å². The third-order valence-corrected chi connectivity index (χ3v) is 2.03. The molecule has 0 radical (unpaired) electrons. The summed E-state index contributed by atoms with van der Waals surface area (Å²) < 4.78 is 1.48. The highest BCUT2D eigenvalue weighted by Gasteiger charge is 2.07. The van der Waals surface area contributed by atoms with E-state index in [4.69, 9.17) is 0 Å². The number of aromatic nitrogens is 5. The van der Waals surface area contributed by atoms with Crippen molar-refractivity contribution in [3.63, 3.8) is 0 Å². The zero-order valence-electron chi connectivity index (χ0n) is 8.95. The zero-order chi connectivity index (χ0) is 11.5. The molecule has 0 unspecified atom stereocenters. The van der Waals surface area contributed by atoms with Crippen LogP contribution in [0.15, 0.2) is 12.4 Å². The fraction of sp³-hybridized carbons (Fsp3) is 0.375. The lowest BCUT2D eigenvalue weighted by molar-refractivity contribution is -0.126. The van der Waals surface area contributed by atoms with Crippen LogP contribution in [0.3, 0.4) is 0 Å². The average molecular weight is 221 g/mol. The molecular formula is C8H11N7O. The van der Waals surface area contributed by atoms with E-state index in [1.54, 1.807) is 26.5 Å². The molecule has 1 amide bonds. The molecule has 0 fully saturated rings. The number of carbonyl (C=O) groups is 1. The number of fused-ring (bicyclic) bond motifs is 1. The first-order valence-electron chi connectivity index (χ1n) is 4.64. The number of hydrogen-bond acceptors (Lipinski definition) is 6. The predicted octanol–water partition coefficient (Wildman–Crippen LogP) is -0.981. The summed E-state index contributed by atoms with van der Waals surface area (Å²) >= 11 is 0. The summed E-state index contributed by atoms with van der Waals surface area (Å²) in [6, 6.07) is 0. The highest BCUT2D eigenvalue weighted by molar-refractivity contribution is 5.80. The number of hydrogen-bond donors (Lipinski definition) is 1. The summed E-state index contributed by atoms with van der Waals surface area (Å²) in [6.07, 6.45) is 3.10. The second-order valence-corrected chi connectivity index (χ2v) is 3.38. The van der Waals surface area contributed by atoms with E-state index in [1.807, 2.05) is 0 Å². The van der Waals surface area contributed by atoms with Gasteiger partial charge in [-0.05, 0) is 10.4 Å². The van der Waals surface area contributed by atoms with Crippen molar-refractivity contribution >= 4 is 17.4 Å². The van der Waals surface area contributed by atoms with E-state index < -0.39 is 0 Å². The van der Waals surface area contributed by atoms with Gasteiger partial charge in [-0.15, -0.1) is 5.10 Å². The number of anilines is 1. The van der Waals surface area contributed by atoms with Crippen molar-refractivity contribution in [1.29, 1.82) is 0 Å². The first kappa shape index (κ1) is 10.3. The maximum Gasteiger partial charge on any atom is 0.241 e. The Labute approximate surface area is 91.3 Å². The first-order valence-corrected chi connectivity index (χ1v) is 4.64. The molecule has 16 heavy (non-hydrogen) atoms. The lowest BCUT2D eigenvalue weighted by atomic mass is 10.5. The number of rotatable bonds is 3. The van der Waals surface area contributed by atoms with Gasteiger partial charge in [0.05, 0.1) is 18.9 Å². The summed E-state index contributed by atoms with van der Waals surface area (Å²) in [4.78, 5) is 16.8. The van der Waals surface area contributed by atoms with Gasteiger partial charge in [0.1, 0.15) is 0 Å². The highest BCUT2D eigenvalue weighted by Crippen LogP contribution is 2.04. The van der Waals surface area contributed by atoms with Gasteiger partial charge in [0.2, 0.25) is 5.91 Å². The molecule has 0 aliphatic carbocycles. The van der Waals surface area contributed by atoms with E-state index in [0.717, 1.165) is 0 Å². The monoisotopic (exact) mass is 221 g/mol. The number of amides is 1. The molecule has 8 nitrogen and oxygen atoms in total. The smallest absolute Gasteiger partial charge is 0.241 e. The molecule has 2 heterocycles. The molecule has 0 spiro atoms. The van der Waals surface area contributed by atoms with Gasteiger partial charge >= 0.3 is 0 Å². The second kappa shape index (κ2) is 4.09. The normalized spacial score (nSPS) is 10.4. The lowest BCUT2D eigenvalue weighted by Gasteiger charge is -2.11. The van der Waals surface area contributed by atoms with Crippen LogP contribution in [-0.2, 0) is 4.79 Å². The van der Waals surface area contributed by atoms with Gasteiger partial charge in [0.15, 0.2) is 11.5 Å². The van der Waals surface area contributed by atoms with Crippen molar-refractivity contribution in [1.82, 2.24) is 29.9 Å². The van der Waals surface area contributed by atoms with Gasteiger partial charge in [-0.3, -0.25) is 9.78 Å². The van der Waals surface area contributed by atoms with Gasteiger partial charge in [0.25, 0.3) is 0 Å². The highest BCUT2D eigenvalue weighted by atomic mass is 16.2. The predicted molar refractivity (Wildman–Crippen MR) is 55.8 cm³/mol. The third-order valence-electron chi connectivity index (χ3n) is 2.03. The standard InChI is InChI=1S/C8H11N7O/c1-14(2)8(16)5-10-6-3-9-4-7-11-12-13-15(6)7/h3-4,10H,5H2,1-2H3. The molecule has 2 rings (SSSR count). The molecule has 0 saturated heterocycles. The summed E-state index contributed by atoms with van der Waals surface area (Å²) in [5.41, 5.74) is 0.530. The first-order chi connectivity index (χ1) is 7.68. The van der Waals surface area contributed by atoms with E-state index >= 15 is 0 Å². The van der Waals surface area contributed by atoms with Crippen molar-refractivity contribution in [2.24, 2.45) is 0 Å². The second-order valence-electron chi connectivity index (χ2n) is 3.38. The minimum Gasteiger partial charge on any atom is -0.360 e. The fourth-order valence-corrected chi connectivity index (χ4v) is 1.12. The van der Waals surface area contributed by atoms with Crippen LogP contribution in [0.4, 0.5) is 5.82 Å². The molecular weight excluding hydrogens is 210 g/mol. The Morgan fingerprint density at radius 1 is 1.50 bits per heavy atom. The zero-order valence-corrected chi connectivity index (χ0v) is 8.95. The van der Waals surface area contributed by atoms with Crippen LogP contribution in [0.25, 0.3) is 5.65 Å². The van der Waals surface area contributed by atoms with Crippen LogP contribution in [-0.4, -0.2) is 56.5 Å². The Kier molecular flexibility index (Phi) is 2.63. The summed E-state index contributed by atoms with van der Waals surface area (Å²) in [7, 11) is 3.39.